The van der Waals surface area contributed by atoms with Gasteiger partial charge in [0.1, 0.15) is 11.9 Å². The summed E-state index contributed by atoms with van der Waals surface area (Å²) in [5.74, 6) is 0.518. The van der Waals surface area contributed by atoms with E-state index in [2.05, 4.69) is 38.8 Å². The van der Waals surface area contributed by atoms with E-state index >= 15 is 0 Å². The van der Waals surface area contributed by atoms with Crippen molar-refractivity contribution in [2.24, 2.45) is 0 Å². The second-order valence-electron chi connectivity index (χ2n) is 8.31. The lowest BCUT2D eigenvalue weighted by Gasteiger charge is -2.16. The predicted molar refractivity (Wildman–Crippen MR) is 124 cm³/mol. The van der Waals surface area contributed by atoms with Gasteiger partial charge in [-0.25, -0.2) is 9.97 Å². The van der Waals surface area contributed by atoms with Crippen molar-refractivity contribution in [1.29, 1.82) is 0 Å². The molecular weight excluding hydrogens is 404 g/mol. The van der Waals surface area contributed by atoms with Crippen LogP contribution in [-0.4, -0.2) is 20.4 Å². The van der Waals surface area contributed by atoms with Gasteiger partial charge in [0.15, 0.2) is 5.82 Å². The van der Waals surface area contributed by atoms with Crippen LogP contribution in [-0.2, 0) is 24.3 Å². The minimum Gasteiger partial charge on any atom is -0.384 e. The zero-order valence-corrected chi connectivity index (χ0v) is 18.6. The molecule has 0 radical (unpaired) electrons. The molecule has 32 heavy (non-hydrogen) atoms. The fourth-order valence-corrected chi connectivity index (χ4v) is 4.08. The lowest BCUT2D eigenvalue weighted by atomic mass is 10.1. The largest absolute Gasteiger partial charge is 0.384 e. The third-order valence-electron chi connectivity index (χ3n) is 5.98. The summed E-state index contributed by atoms with van der Waals surface area (Å²) >= 11 is 0. The molecule has 8 nitrogen and oxygen atoms in total. The molecule has 0 unspecified atom stereocenters. The van der Waals surface area contributed by atoms with Crippen molar-refractivity contribution in [3.05, 3.63) is 80.5 Å². The number of pyridine rings is 1. The first kappa shape index (κ1) is 21.5. The van der Waals surface area contributed by atoms with Gasteiger partial charge >= 0.3 is 0 Å². The molecule has 2 aromatic heterocycles. The van der Waals surface area contributed by atoms with E-state index in [1.807, 2.05) is 26.8 Å². The van der Waals surface area contributed by atoms with Crippen LogP contribution in [0.4, 0.5) is 11.6 Å². The number of aromatic nitrogens is 3. The fourth-order valence-electron chi connectivity index (χ4n) is 4.08. The molecule has 0 fully saturated rings. The number of anilines is 2. The second kappa shape index (κ2) is 8.82. The van der Waals surface area contributed by atoms with Crippen molar-refractivity contribution in [2.75, 3.05) is 11.1 Å². The van der Waals surface area contributed by atoms with Crippen LogP contribution in [0.25, 0.3) is 0 Å². The highest BCUT2D eigenvalue weighted by Gasteiger charge is 2.30. The number of carbonyl (C=O) groups is 1. The monoisotopic (exact) mass is 432 g/mol. The Hall–Kier alpha value is -3.68. The van der Waals surface area contributed by atoms with Crippen molar-refractivity contribution >= 4 is 17.5 Å². The van der Waals surface area contributed by atoms with Gasteiger partial charge in [-0.05, 0) is 56.4 Å². The van der Waals surface area contributed by atoms with Gasteiger partial charge < -0.3 is 16.4 Å². The summed E-state index contributed by atoms with van der Waals surface area (Å²) in [6.07, 6.45) is 2.90. The molecule has 1 aromatic carbocycles. The first-order valence-corrected chi connectivity index (χ1v) is 10.7. The van der Waals surface area contributed by atoms with Crippen LogP contribution in [0.3, 0.4) is 0 Å². The maximum atomic E-state index is 13.1. The number of benzene rings is 1. The summed E-state index contributed by atoms with van der Waals surface area (Å²) in [5, 5.41) is 6.10. The molecule has 0 saturated heterocycles. The minimum atomic E-state index is -0.552. The molecule has 4 rings (SSSR count). The smallest absolute Gasteiger partial charge is 0.294 e. The highest BCUT2D eigenvalue weighted by atomic mass is 16.2. The topological polar surface area (TPSA) is 115 Å². The summed E-state index contributed by atoms with van der Waals surface area (Å²) in [6.45, 7) is 6.76. The van der Waals surface area contributed by atoms with Crippen molar-refractivity contribution in [1.82, 2.24) is 19.9 Å². The molecule has 166 valence electrons. The molecule has 1 amide bonds. The standard InChI is InChI=1S/C24H28N6O2/c1-14-4-5-15(2)18(10-14)12-26-22-24(32)30-19(13-27-22)7-8-20(30)23(31)28-11-17-6-9-21(25)29-16(17)3/h4-6,9-10,13,20H,7-8,11-12H2,1-3H3,(H2,25,29)(H,26,27)(H,28,31)/t20-/m0/s1. The molecule has 0 bridgehead atoms. The maximum absolute atomic E-state index is 13.1. The Morgan fingerprint density at radius 2 is 1.97 bits per heavy atom. The lowest BCUT2D eigenvalue weighted by molar-refractivity contribution is -0.124. The zero-order chi connectivity index (χ0) is 22.8. The molecule has 1 atom stereocenters. The van der Waals surface area contributed by atoms with E-state index in [1.165, 1.54) is 0 Å². The van der Waals surface area contributed by atoms with Gasteiger partial charge in [0, 0.05) is 30.7 Å². The van der Waals surface area contributed by atoms with E-state index in [4.69, 9.17) is 5.73 Å². The number of amides is 1. The molecule has 1 aliphatic heterocycles. The van der Waals surface area contributed by atoms with Gasteiger partial charge in [-0.1, -0.05) is 29.8 Å². The van der Waals surface area contributed by atoms with Gasteiger partial charge in [-0.15, -0.1) is 0 Å². The average Bonchev–Trinajstić information content (AvgIpc) is 3.20. The molecule has 0 spiro atoms. The first-order chi connectivity index (χ1) is 15.3. The molecule has 0 aliphatic carbocycles. The number of hydrogen-bond donors (Lipinski definition) is 3. The van der Waals surface area contributed by atoms with Gasteiger partial charge in [0.05, 0.1) is 0 Å². The summed E-state index contributed by atoms with van der Waals surface area (Å²) in [7, 11) is 0. The maximum Gasteiger partial charge on any atom is 0.294 e. The number of nitrogens with one attached hydrogen (secondary N) is 2. The highest BCUT2D eigenvalue weighted by molar-refractivity contribution is 5.81. The van der Waals surface area contributed by atoms with Crippen molar-refractivity contribution < 1.29 is 4.79 Å². The summed E-state index contributed by atoms with van der Waals surface area (Å²) < 4.78 is 1.57. The quantitative estimate of drug-likeness (QED) is 0.551. The number of hydrogen-bond acceptors (Lipinski definition) is 6. The van der Waals surface area contributed by atoms with E-state index in [1.54, 1.807) is 16.8 Å². The van der Waals surface area contributed by atoms with Crippen molar-refractivity contribution in [3.8, 4) is 0 Å². The number of nitrogen functional groups attached to an aromatic ring is 1. The molecule has 0 saturated carbocycles. The van der Waals surface area contributed by atoms with E-state index in [0.717, 1.165) is 33.6 Å². The zero-order valence-electron chi connectivity index (χ0n) is 18.6. The number of aryl methyl sites for hydroxylation is 4. The van der Waals surface area contributed by atoms with Crippen LogP contribution in [0.2, 0.25) is 0 Å². The van der Waals surface area contributed by atoms with Crippen LogP contribution in [0.15, 0.2) is 41.3 Å². The number of nitrogens with zero attached hydrogens (tertiary/aromatic N) is 3. The molecule has 8 heteroatoms. The third kappa shape index (κ3) is 4.34. The number of nitrogens with two attached hydrogens (primary N) is 1. The van der Waals surface area contributed by atoms with Crippen LogP contribution in [0.1, 0.15) is 46.1 Å². The number of fused-ring (bicyclic) bond motifs is 1. The Bertz CT molecular complexity index is 1230. The lowest BCUT2D eigenvalue weighted by Crippen LogP contribution is -2.36. The van der Waals surface area contributed by atoms with Gasteiger partial charge in [0.2, 0.25) is 5.91 Å². The number of rotatable bonds is 6. The SMILES string of the molecule is Cc1ccc(C)c(CNc2ncc3n(c2=O)[C@H](C(=O)NCc2ccc(N)nc2C)CC3)c1. The summed E-state index contributed by atoms with van der Waals surface area (Å²) in [6, 6.07) is 9.23. The Morgan fingerprint density at radius 3 is 2.75 bits per heavy atom. The van der Waals surface area contributed by atoms with E-state index < -0.39 is 6.04 Å². The van der Waals surface area contributed by atoms with Crippen LogP contribution >= 0.6 is 0 Å². The minimum absolute atomic E-state index is 0.186. The molecule has 4 N–H and O–H groups in total. The van der Waals surface area contributed by atoms with Crippen molar-refractivity contribution in [3.63, 3.8) is 0 Å². The summed E-state index contributed by atoms with van der Waals surface area (Å²) in [4.78, 5) is 34.6. The predicted octanol–water partition coefficient (Wildman–Crippen LogP) is 2.56. The fraction of sp³-hybridized carbons (Fsp3) is 0.333. The molecular formula is C24H28N6O2. The Kier molecular flexibility index (Phi) is 5.94. The van der Waals surface area contributed by atoms with Gasteiger partial charge in [-0.2, -0.15) is 0 Å². The normalized spacial score (nSPS) is 14.8. The molecule has 3 heterocycles. The van der Waals surface area contributed by atoms with E-state index in [0.29, 0.717) is 31.7 Å². The second-order valence-corrected chi connectivity index (χ2v) is 8.31. The average molecular weight is 433 g/mol. The van der Waals surface area contributed by atoms with Crippen LogP contribution in [0, 0.1) is 20.8 Å². The summed E-state index contributed by atoms with van der Waals surface area (Å²) in [5.41, 5.74) is 11.3. The first-order valence-electron chi connectivity index (χ1n) is 10.7. The Morgan fingerprint density at radius 1 is 1.16 bits per heavy atom. The molecule has 1 aliphatic rings. The Balaban J connectivity index is 1.49. The van der Waals surface area contributed by atoms with Crippen LogP contribution in [0.5, 0.6) is 0 Å². The van der Waals surface area contributed by atoms with Gasteiger partial charge in [-0.3, -0.25) is 14.2 Å². The van der Waals surface area contributed by atoms with Crippen LogP contribution < -0.4 is 21.9 Å². The van der Waals surface area contributed by atoms with Gasteiger partial charge in [0.25, 0.3) is 5.56 Å². The highest BCUT2D eigenvalue weighted by Crippen LogP contribution is 2.24. The van der Waals surface area contributed by atoms with E-state index in [9.17, 15) is 9.59 Å². The Labute approximate surface area is 186 Å². The molecule has 3 aromatic rings. The van der Waals surface area contributed by atoms with Crippen molar-refractivity contribution in [2.45, 2.75) is 52.7 Å². The number of carbonyl (C=O) groups excluding carboxylic acids is 1. The van der Waals surface area contributed by atoms with E-state index in [-0.39, 0.29) is 17.3 Å². The third-order valence-corrected chi connectivity index (χ3v) is 5.98.